The zero-order valence-corrected chi connectivity index (χ0v) is 16.7. The van der Waals surface area contributed by atoms with Crippen LogP contribution in [0.1, 0.15) is 42.3 Å². The molecule has 144 valence electrons. The second kappa shape index (κ2) is 8.71. The summed E-state index contributed by atoms with van der Waals surface area (Å²) in [5.74, 6) is 0.379. The van der Waals surface area contributed by atoms with Gasteiger partial charge in [-0.3, -0.25) is 9.59 Å². The summed E-state index contributed by atoms with van der Waals surface area (Å²) in [6.45, 7) is 6.81. The molecule has 0 unspecified atom stereocenters. The number of benzene rings is 2. The molecular weight excluding hydrogens is 340 g/mol. The Morgan fingerprint density at radius 1 is 1.00 bits per heavy atom. The Labute approximate surface area is 161 Å². The molecule has 0 saturated carbocycles. The van der Waals surface area contributed by atoms with Gasteiger partial charge in [0.15, 0.2) is 0 Å². The third-order valence-corrected chi connectivity index (χ3v) is 4.42. The van der Waals surface area contributed by atoms with Gasteiger partial charge < -0.3 is 15.0 Å². The molecule has 27 heavy (non-hydrogen) atoms. The molecule has 0 aliphatic rings. The van der Waals surface area contributed by atoms with Gasteiger partial charge in [-0.15, -0.1) is 0 Å². The van der Waals surface area contributed by atoms with Gasteiger partial charge in [-0.25, -0.2) is 0 Å². The molecule has 0 spiro atoms. The van der Waals surface area contributed by atoms with Gasteiger partial charge in [0.1, 0.15) is 5.75 Å². The summed E-state index contributed by atoms with van der Waals surface area (Å²) in [5, 5.41) is 2.69. The second-order valence-corrected chi connectivity index (χ2v) is 7.61. The van der Waals surface area contributed by atoms with Crippen LogP contribution in [0.3, 0.4) is 0 Å². The summed E-state index contributed by atoms with van der Waals surface area (Å²) in [7, 11) is 3.33. The fourth-order valence-corrected chi connectivity index (χ4v) is 2.61. The van der Waals surface area contributed by atoms with E-state index < -0.39 is 0 Å². The molecule has 2 rings (SSSR count). The quantitative estimate of drug-likeness (QED) is 0.850. The van der Waals surface area contributed by atoms with Crippen LogP contribution in [0.5, 0.6) is 5.75 Å². The molecule has 0 heterocycles. The third kappa shape index (κ3) is 5.84. The molecule has 5 nitrogen and oxygen atoms in total. The van der Waals surface area contributed by atoms with E-state index in [1.165, 1.54) is 0 Å². The van der Waals surface area contributed by atoms with Gasteiger partial charge in [0, 0.05) is 19.2 Å². The van der Waals surface area contributed by atoms with E-state index >= 15 is 0 Å². The minimum absolute atomic E-state index is 0.0352. The first-order valence-electron chi connectivity index (χ1n) is 8.96. The third-order valence-electron chi connectivity index (χ3n) is 4.42. The number of nitrogens with one attached hydrogen (secondary N) is 1. The van der Waals surface area contributed by atoms with Crippen molar-refractivity contribution in [3.63, 3.8) is 0 Å². The first-order chi connectivity index (χ1) is 12.7. The number of carbonyl (C=O) groups excluding carboxylic acids is 2. The van der Waals surface area contributed by atoms with Gasteiger partial charge in [-0.1, -0.05) is 45.0 Å². The molecular formula is C22H28N2O3. The minimum Gasteiger partial charge on any atom is -0.497 e. The lowest BCUT2D eigenvalue weighted by atomic mass is 9.87. The van der Waals surface area contributed by atoms with E-state index in [0.29, 0.717) is 12.1 Å². The molecule has 0 fully saturated rings. The molecule has 0 saturated heterocycles. The lowest BCUT2D eigenvalue weighted by Crippen LogP contribution is -2.37. The highest BCUT2D eigenvalue weighted by Gasteiger charge is 2.15. The normalized spacial score (nSPS) is 11.0. The lowest BCUT2D eigenvalue weighted by molar-refractivity contribution is -0.129. The largest absolute Gasteiger partial charge is 0.497 e. The van der Waals surface area contributed by atoms with Gasteiger partial charge >= 0.3 is 0 Å². The van der Waals surface area contributed by atoms with E-state index in [0.717, 1.165) is 16.9 Å². The van der Waals surface area contributed by atoms with E-state index in [1.807, 2.05) is 36.4 Å². The Bertz CT molecular complexity index is 775. The molecule has 2 aromatic rings. The first-order valence-corrected chi connectivity index (χ1v) is 8.96. The number of methoxy groups -OCH3 is 1. The van der Waals surface area contributed by atoms with Crippen LogP contribution in [0.2, 0.25) is 0 Å². The Morgan fingerprint density at radius 3 is 2.11 bits per heavy atom. The predicted molar refractivity (Wildman–Crippen MR) is 107 cm³/mol. The Kier molecular flexibility index (Phi) is 6.61. The zero-order chi connectivity index (χ0) is 20.0. The van der Waals surface area contributed by atoms with E-state index in [9.17, 15) is 9.59 Å². The predicted octanol–water partition coefficient (Wildman–Crippen LogP) is 3.38. The maximum atomic E-state index is 12.3. The van der Waals surface area contributed by atoms with Crippen molar-refractivity contribution in [2.45, 2.75) is 32.7 Å². The van der Waals surface area contributed by atoms with Crippen LogP contribution in [0, 0.1) is 0 Å². The smallest absolute Gasteiger partial charge is 0.251 e. The molecule has 0 aliphatic carbocycles. The van der Waals surface area contributed by atoms with E-state index in [2.05, 4.69) is 26.1 Å². The number of amides is 2. The summed E-state index contributed by atoms with van der Waals surface area (Å²) >= 11 is 0. The van der Waals surface area contributed by atoms with Crippen molar-refractivity contribution in [1.29, 1.82) is 0 Å². The average molecular weight is 368 g/mol. The van der Waals surface area contributed by atoms with Crippen LogP contribution in [-0.4, -0.2) is 37.4 Å². The van der Waals surface area contributed by atoms with E-state index in [-0.39, 0.29) is 23.8 Å². The molecule has 0 bridgehead atoms. The summed E-state index contributed by atoms with van der Waals surface area (Å²) < 4.78 is 5.13. The van der Waals surface area contributed by atoms with Crippen molar-refractivity contribution in [3.05, 3.63) is 65.2 Å². The second-order valence-electron chi connectivity index (χ2n) is 7.61. The Morgan fingerprint density at radius 2 is 1.59 bits per heavy atom. The minimum atomic E-state index is -0.248. The van der Waals surface area contributed by atoms with Gasteiger partial charge in [-0.2, -0.15) is 0 Å². The molecule has 2 aromatic carbocycles. The molecule has 0 aliphatic heterocycles. The molecule has 5 heteroatoms. The average Bonchev–Trinajstić information content (AvgIpc) is 2.65. The van der Waals surface area contributed by atoms with Crippen molar-refractivity contribution in [3.8, 4) is 5.75 Å². The maximum Gasteiger partial charge on any atom is 0.251 e. The van der Waals surface area contributed by atoms with E-state index in [4.69, 9.17) is 4.74 Å². The highest BCUT2D eigenvalue weighted by molar-refractivity contribution is 5.96. The van der Waals surface area contributed by atoms with Crippen molar-refractivity contribution >= 4 is 11.8 Å². The van der Waals surface area contributed by atoms with Gasteiger partial charge in [0.25, 0.3) is 5.91 Å². The van der Waals surface area contributed by atoms with Gasteiger partial charge in [0.2, 0.25) is 5.91 Å². The van der Waals surface area contributed by atoms with Crippen LogP contribution < -0.4 is 10.1 Å². The van der Waals surface area contributed by atoms with Crippen molar-refractivity contribution in [1.82, 2.24) is 10.2 Å². The monoisotopic (exact) mass is 368 g/mol. The topological polar surface area (TPSA) is 58.6 Å². The maximum absolute atomic E-state index is 12.3. The first kappa shape index (κ1) is 20.5. The molecule has 0 aromatic heterocycles. The number of hydrogen-bond acceptors (Lipinski definition) is 3. The summed E-state index contributed by atoms with van der Waals surface area (Å²) in [6.07, 6.45) is 0. The summed E-state index contributed by atoms with van der Waals surface area (Å²) in [4.78, 5) is 26.1. The number of ether oxygens (including phenoxy) is 1. The number of nitrogens with zero attached hydrogens (tertiary/aromatic N) is 1. The van der Waals surface area contributed by atoms with Crippen molar-refractivity contribution in [2.24, 2.45) is 0 Å². The lowest BCUT2D eigenvalue weighted by Gasteiger charge is -2.19. The van der Waals surface area contributed by atoms with Crippen molar-refractivity contribution < 1.29 is 14.3 Å². The highest BCUT2D eigenvalue weighted by atomic mass is 16.5. The molecule has 1 N–H and O–H groups in total. The van der Waals surface area contributed by atoms with Crippen LogP contribution in [0.25, 0.3) is 0 Å². The SMILES string of the molecule is COc1ccc(CN(C)C(=O)CNC(=O)c2ccc(C(C)(C)C)cc2)cc1. The fraction of sp³-hybridized carbons (Fsp3) is 0.364. The van der Waals surface area contributed by atoms with Crippen molar-refractivity contribution in [2.75, 3.05) is 20.7 Å². The number of carbonyl (C=O) groups is 2. The fourth-order valence-electron chi connectivity index (χ4n) is 2.61. The van der Waals surface area contributed by atoms with E-state index in [1.54, 1.807) is 31.2 Å². The molecule has 0 radical (unpaired) electrons. The standard InChI is InChI=1S/C22H28N2O3/c1-22(2,3)18-10-8-17(9-11-18)21(26)23-14-20(25)24(4)15-16-6-12-19(27-5)13-7-16/h6-13H,14-15H2,1-5H3,(H,23,26). The van der Waals surface area contributed by atoms with Gasteiger partial charge in [0.05, 0.1) is 13.7 Å². The van der Waals surface area contributed by atoms with Crippen LogP contribution in [0.4, 0.5) is 0 Å². The number of hydrogen-bond donors (Lipinski definition) is 1. The highest BCUT2D eigenvalue weighted by Crippen LogP contribution is 2.22. The molecule has 0 atom stereocenters. The number of likely N-dealkylation sites (N-methyl/N-ethyl adjacent to an activating group) is 1. The molecule has 2 amide bonds. The summed E-state index contributed by atoms with van der Waals surface area (Å²) in [5.41, 5.74) is 2.74. The van der Waals surface area contributed by atoms with Crippen LogP contribution in [-0.2, 0) is 16.8 Å². The zero-order valence-electron chi connectivity index (χ0n) is 16.7. The number of rotatable bonds is 6. The van der Waals surface area contributed by atoms with Crippen LogP contribution in [0.15, 0.2) is 48.5 Å². The van der Waals surface area contributed by atoms with Crippen LogP contribution >= 0.6 is 0 Å². The Hall–Kier alpha value is -2.82. The van der Waals surface area contributed by atoms with Gasteiger partial charge in [-0.05, 0) is 40.8 Å². The Balaban J connectivity index is 1.87. The summed E-state index contributed by atoms with van der Waals surface area (Å²) in [6, 6.07) is 15.0.